The third kappa shape index (κ3) is 12.3. The van der Waals surface area contributed by atoms with Crippen LogP contribution in [0.25, 0.3) is 0 Å². The summed E-state index contributed by atoms with van der Waals surface area (Å²) >= 11 is 0. The maximum Gasteiger partial charge on any atom is 0.408 e. The van der Waals surface area contributed by atoms with E-state index in [1.54, 1.807) is 46.8 Å². The van der Waals surface area contributed by atoms with Crippen LogP contribution in [-0.2, 0) is 40.1 Å². The van der Waals surface area contributed by atoms with Crippen LogP contribution in [0.1, 0.15) is 95.6 Å². The summed E-state index contributed by atoms with van der Waals surface area (Å²) in [5.74, 6) is -3.66. The molecule has 5 amide bonds. The third-order valence-corrected chi connectivity index (χ3v) is 6.76. The maximum atomic E-state index is 13.3. The molecule has 13 heteroatoms. The zero-order chi connectivity index (χ0) is 35.9. The Bertz CT molecular complexity index is 1280. The summed E-state index contributed by atoms with van der Waals surface area (Å²) in [5.41, 5.74) is -5.91. The summed E-state index contributed by atoms with van der Waals surface area (Å²) in [5, 5.41) is 13.0. The van der Waals surface area contributed by atoms with Gasteiger partial charge in [-0.3, -0.25) is 19.2 Å². The van der Waals surface area contributed by atoms with Gasteiger partial charge in [0.15, 0.2) is 0 Å². The lowest BCUT2D eigenvalue weighted by Crippen LogP contribution is -2.68. The number of rotatable bonds is 13. The third-order valence-electron chi connectivity index (χ3n) is 6.76. The van der Waals surface area contributed by atoms with E-state index in [4.69, 9.17) is 9.47 Å². The van der Waals surface area contributed by atoms with E-state index in [0.29, 0.717) is 0 Å². The average Bonchev–Trinajstić information content (AvgIpc) is 2.88. The Morgan fingerprint density at radius 2 is 1.04 bits per heavy atom. The van der Waals surface area contributed by atoms with Crippen LogP contribution in [0.5, 0.6) is 0 Å². The van der Waals surface area contributed by atoms with Gasteiger partial charge in [0.25, 0.3) is 0 Å². The zero-order valence-corrected chi connectivity index (χ0v) is 29.5. The van der Waals surface area contributed by atoms with Crippen molar-refractivity contribution in [3.8, 4) is 0 Å². The highest BCUT2D eigenvalue weighted by atomic mass is 16.6. The fraction of sp³-hybridized carbons (Fsp3) is 0.636. The molecule has 46 heavy (non-hydrogen) atoms. The molecular weight excluding hydrogens is 594 g/mol. The molecule has 0 aliphatic carbocycles. The summed E-state index contributed by atoms with van der Waals surface area (Å²) in [7, 11) is 0. The summed E-state index contributed by atoms with van der Waals surface area (Å²) in [4.78, 5) is 78.0. The van der Waals surface area contributed by atoms with Gasteiger partial charge < -0.3 is 36.1 Å². The number of carbonyl (C=O) groups is 6. The lowest BCUT2D eigenvalue weighted by atomic mass is 9.95. The van der Waals surface area contributed by atoms with Gasteiger partial charge in [0, 0.05) is 0 Å². The number of esters is 1. The van der Waals surface area contributed by atoms with Gasteiger partial charge in [-0.05, 0) is 87.6 Å². The maximum absolute atomic E-state index is 13.3. The van der Waals surface area contributed by atoms with Crippen molar-refractivity contribution in [2.45, 2.75) is 130 Å². The van der Waals surface area contributed by atoms with Crippen LogP contribution in [0, 0.1) is 5.92 Å². The van der Waals surface area contributed by atoms with Crippen molar-refractivity contribution in [3.05, 3.63) is 35.9 Å². The highest BCUT2D eigenvalue weighted by Crippen LogP contribution is 2.17. The predicted octanol–water partition coefficient (Wildman–Crippen LogP) is 2.86. The van der Waals surface area contributed by atoms with E-state index >= 15 is 0 Å². The molecule has 1 aromatic carbocycles. The number of hydrogen-bond donors (Lipinski definition) is 5. The molecule has 0 radical (unpaired) electrons. The predicted molar refractivity (Wildman–Crippen MR) is 173 cm³/mol. The summed E-state index contributed by atoms with van der Waals surface area (Å²) in [6, 6.07) is 8.04. The molecule has 0 fully saturated rings. The molecule has 0 saturated carbocycles. The van der Waals surface area contributed by atoms with Crippen molar-refractivity contribution in [2.24, 2.45) is 5.92 Å². The zero-order valence-electron chi connectivity index (χ0n) is 29.5. The van der Waals surface area contributed by atoms with E-state index in [9.17, 15) is 28.8 Å². The molecule has 0 spiro atoms. The van der Waals surface area contributed by atoms with Crippen LogP contribution >= 0.6 is 0 Å². The summed E-state index contributed by atoms with van der Waals surface area (Å²) in [6.07, 6.45) is -0.793. The van der Waals surface area contributed by atoms with Gasteiger partial charge in [0.2, 0.25) is 23.6 Å². The number of benzene rings is 1. The van der Waals surface area contributed by atoms with Crippen molar-refractivity contribution >= 4 is 35.7 Å². The van der Waals surface area contributed by atoms with Gasteiger partial charge in [-0.2, -0.15) is 0 Å². The van der Waals surface area contributed by atoms with Crippen LogP contribution in [0.15, 0.2) is 30.3 Å². The Morgan fingerprint density at radius 1 is 0.630 bits per heavy atom. The number of amides is 5. The normalized spacial score (nSPS) is 13.2. The second-order valence-electron chi connectivity index (χ2n) is 14.8. The number of carbonyl (C=O) groups excluding carboxylic acids is 6. The van der Waals surface area contributed by atoms with Crippen molar-refractivity contribution in [2.75, 3.05) is 0 Å². The topological polar surface area (TPSA) is 181 Å². The van der Waals surface area contributed by atoms with Crippen molar-refractivity contribution in [1.29, 1.82) is 0 Å². The van der Waals surface area contributed by atoms with E-state index in [1.807, 2.05) is 18.2 Å². The van der Waals surface area contributed by atoms with Crippen LogP contribution < -0.4 is 26.6 Å². The SMILES string of the molecule is CC(C)[C@H](NC(=O)OCc1ccccc1)C(=O)NC(C)(C)C(=O)NC(C)(C)C(=O)NC(C)(C)C(=O)NC(C)(C)C(=O)OC(C)(C)C. The van der Waals surface area contributed by atoms with Crippen molar-refractivity contribution in [3.63, 3.8) is 0 Å². The molecule has 0 saturated heterocycles. The number of nitrogens with one attached hydrogen (secondary N) is 5. The molecule has 0 bridgehead atoms. The van der Waals surface area contributed by atoms with Gasteiger partial charge in [-0.1, -0.05) is 44.2 Å². The average molecular weight is 648 g/mol. The van der Waals surface area contributed by atoms with Crippen LogP contribution in [0.3, 0.4) is 0 Å². The standard InChI is InChI=1S/C33H53N5O8/c1-20(2)22(34-28(44)45-19-21-17-15-14-16-18-21)23(39)35-30(6,7)24(40)36-31(8,9)25(41)37-32(10,11)26(42)38-33(12,13)27(43)46-29(3,4)5/h14-18,20,22H,19H2,1-13H3,(H,34,44)(H,35,39)(H,36,40)(H,37,41)(H,38,42)/t22-/m0/s1. The Balaban J connectivity index is 2.88. The molecule has 258 valence electrons. The van der Waals surface area contributed by atoms with E-state index in [0.717, 1.165) is 5.56 Å². The highest BCUT2D eigenvalue weighted by Gasteiger charge is 2.43. The van der Waals surface area contributed by atoms with Crippen LogP contribution in [0.2, 0.25) is 0 Å². The molecule has 0 heterocycles. The lowest BCUT2D eigenvalue weighted by molar-refractivity contribution is -0.163. The van der Waals surface area contributed by atoms with Crippen molar-refractivity contribution < 1.29 is 38.2 Å². The van der Waals surface area contributed by atoms with Crippen molar-refractivity contribution in [1.82, 2.24) is 26.6 Å². The minimum atomic E-state index is -1.53. The second kappa shape index (κ2) is 15.0. The summed E-state index contributed by atoms with van der Waals surface area (Å²) < 4.78 is 10.6. The van der Waals surface area contributed by atoms with Gasteiger partial charge in [0.1, 0.15) is 40.4 Å². The first-order valence-corrected chi connectivity index (χ1v) is 15.2. The summed E-state index contributed by atoms with van der Waals surface area (Å²) in [6.45, 7) is 20.3. The largest absolute Gasteiger partial charge is 0.458 e. The molecule has 1 atom stereocenters. The van der Waals surface area contributed by atoms with Gasteiger partial charge in [-0.15, -0.1) is 0 Å². The highest BCUT2D eigenvalue weighted by molar-refractivity contribution is 6.00. The van der Waals surface area contributed by atoms with E-state index in [-0.39, 0.29) is 12.5 Å². The molecule has 1 rings (SSSR count). The molecule has 5 N–H and O–H groups in total. The minimum Gasteiger partial charge on any atom is -0.458 e. The smallest absolute Gasteiger partial charge is 0.408 e. The first-order chi connectivity index (χ1) is 20.7. The second-order valence-corrected chi connectivity index (χ2v) is 14.8. The van der Waals surface area contributed by atoms with Gasteiger partial charge in [0.05, 0.1) is 0 Å². The Labute approximate surface area is 272 Å². The molecular formula is C33H53N5O8. The lowest BCUT2D eigenvalue weighted by Gasteiger charge is -2.36. The van der Waals surface area contributed by atoms with Crippen LogP contribution in [-0.4, -0.2) is 69.5 Å². The fourth-order valence-corrected chi connectivity index (χ4v) is 3.76. The van der Waals surface area contributed by atoms with E-state index in [2.05, 4.69) is 26.6 Å². The Morgan fingerprint density at radius 3 is 1.46 bits per heavy atom. The fourth-order valence-electron chi connectivity index (χ4n) is 3.76. The number of alkyl carbamates (subject to hydrolysis) is 1. The Kier molecular flexibility index (Phi) is 13.0. The molecule has 0 unspecified atom stereocenters. The molecule has 1 aromatic rings. The van der Waals surface area contributed by atoms with E-state index in [1.165, 1.54) is 55.4 Å². The number of hydrogen-bond acceptors (Lipinski definition) is 8. The molecule has 0 aromatic heterocycles. The van der Waals surface area contributed by atoms with Crippen LogP contribution in [0.4, 0.5) is 4.79 Å². The monoisotopic (exact) mass is 647 g/mol. The first-order valence-electron chi connectivity index (χ1n) is 15.2. The van der Waals surface area contributed by atoms with Gasteiger partial charge in [-0.25, -0.2) is 9.59 Å². The number of ether oxygens (including phenoxy) is 2. The molecule has 0 aliphatic heterocycles. The molecule has 13 nitrogen and oxygen atoms in total. The quantitative estimate of drug-likeness (QED) is 0.203. The Hall–Kier alpha value is -4.16. The van der Waals surface area contributed by atoms with Gasteiger partial charge >= 0.3 is 12.1 Å². The first kappa shape index (κ1) is 39.9. The van der Waals surface area contributed by atoms with E-state index < -0.39 is 69.5 Å². The minimum absolute atomic E-state index is 0.0180. The molecule has 0 aliphatic rings.